The molecule has 2 rings (SSSR count). The zero-order chi connectivity index (χ0) is 17.0. The Hall–Kier alpha value is -2.15. The van der Waals surface area contributed by atoms with Crippen LogP contribution in [0.1, 0.15) is 19.5 Å². The van der Waals surface area contributed by atoms with Crippen LogP contribution in [0.15, 0.2) is 34.0 Å². The van der Waals surface area contributed by atoms with Crippen molar-refractivity contribution in [1.29, 1.82) is 0 Å². The average molecular weight is 381 g/mol. The average Bonchev–Trinajstić information content (AvgIpc) is 2.50. The molecule has 0 atom stereocenters. The summed E-state index contributed by atoms with van der Waals surface area (Å²) >= 11 is 3.38. The van der Waals surface area contributed by atoms with E-state index < -0.39 is 5.97 Å². The molecular formula is C16H17BrN2O4. The highest BCUT2D eigenvalue weighted by molar-refractivity contribution is 9.10. The Balaban J connectivity index is 2.63. The molecule has 122 valence electrons. The fraction of sp³-hybridized carbons (Fsp3) is 0.312. The number of nitrogens with zero attached hydrogens (tertiary/aromatic N) is 2. The Bertz CT molecular complexity index is 814. The maximum Gasteiger partial charge on any atom is 0.327 e. The van der Waals surface area contributed by atoms with Gasteiger partial charge in [-0.25, -0.2) is 4.68 Å². The minimum atomic E-state index is -0.522. The zero-order valence-corrected chi connectivity index (χ0v) is 14.6. The molecule has 0 radical (unpaired) electrons. The van der Waals surface area contributed by atoms with Gasteiger partial charge >= 0.3 is 5.97 Å². The SMILES string of the molecule is C=C(OCC)c1nn(CC(=O)OCC)c(=O)c2ccc(Br)cc12. The molecule has 0 spiro atoms. The van der Waals surface area contributed by atoms with Crippen LogP contribution < -0.4 is 5.56 Å². The summed E-state index contributed by atoms with van der Waals surface area (Å²) in [6, 6.07) is 5.21. The summed E-state index contributed by atoms with van der Waals surface area (Å²) in [5.41, 5.74) is 0.0562. The quantitative estimate of drug-likeness (QED) is 0.569. The lowest BCUT2D eigenvalue weighted by Crippen LogP contribution is -2.29. The molecule has 6 nitrogen and oxygen atoms in total. The van der Waals surface area contributed by atoms with Gasteiger partial charge in [0.2, 0.25) is 0 Å². The van der Waals surface area contributed by atoms with Gasteiger partial charge in [0.15, 0.2) is 0 Å². The minimum Gasteiger partial charge on any atom is -0.492 e. The van der Waals surface area contributed by atoms with Crippen molar-refractivity contribution in [2.24, 2.45) is 0 Å². The maximum atomic E-state index is 12.5. The number of halogens is 1. The van der Waals surface area contributed by atoms with Crippen molar-refractivity contribution in [3.05, 3.63) is 45.3 Å². The molecule has 0 aliphatic carbocycles. The lowest BCUT2D eigenvalue weighted by atomic mass is 10.1. The fourth-order valence-corrected chi connectivity index (χ4v) is 2.50. The Kier molecular flexibility index (Phi) is 5.54. The Labute approximate surface area is 141 Å². The molecule has 0 N–H and O–H groups in total. The van der Waals surface area contributed by atoms with E-state index in [9.17, 15) is 9.59 Å². The standard InChI is InChI=1S/C16H17BrN2O4/c1-4-22-10(3)15-13-8-11(17)6-7-12(13)16(21)19(18-15)9-14(20)23-5-2/h6-8H,3-5,9H2,1-2H3. The number of benzene rings is 1. The van der Waals surface area contributed by atoms with Crippen LogP contribution in [0.25, 0.3) is 16.5 Å². The molecule has 0 fully saturated rings. The third-order valence-corrected chi connectivity index (χ3v) is 3.58. The predicted octanol–water partition coefficient (Wildman–Crippen LogP) is 2.73. The molecule has 1 aromatic carbocycles. The van der Waals surface area contributed by atoms with Gasteiger partial charge in [-0.3, -0.25) is 9.59 Å². The molecule has 0 saturated carbocycles. The number of rotatable bonds is 6. The van der Waals surface area contributed by atoms with Gasteiger partial charge in [-0.1, -0.05) is 22.5 Å². The molecule has 0 aliphatic rings. The van der Waals surface area contributed by atoms with Gasteiger partial charge in [0.25, 0.3) is 5.56 Å². The largest absolute Gasteiger partial charge is 0.492 e. The molecule has 1 heterocycles. The minimum absolute atomic E-state index is 0.243. The molecule has 0 amide bonds. The second-order valence-corrected chi connectivity index (χ2v) is 5.58. The Morgan fingerprint density at radius 3 is 2.61 bits per heavy atom. The summed E-state index contributed by atoms with van der Waals surface area (Å²) < 4.78 is 12.2. The summed E-state index contributed by atoms with van der Waals surface area (Å²) in [5.74, 6) is -0.181. The van der Waals surface area contributed by atoms with E-state index in [0.717, 1.165) is 9.15 Å². The third-order valence-electron chi connectivity index (χ3n) is 3.09. The highest BCUT2D eigenvalue weighted by Crippen LogP contribution is 2.24. The summed E-state index contributed by atoms with van der Waals surface area (Å²) in [7, 11) is 0. The number of ether oxygens (including phenoxy) is 2. The molecule has 0 saturated heterocycles. The molecular weight excluding hydrogens is 364 g/mol. The van der Waals surface area contributed by atoms with Crippen molar-refractivity contribution < 1.29 is 14.3 Å². The van der Waals surface area contributed by atoms with Gasteiger partial charge in [-0.15, -0.1) is 0 Å². The lowest BCUT2D eigenvalue weighted by molar-refractivity contribution is -0.144. The molecule has 0 unspecified atom stereocenters. The topological polar surface area (TPSA) is 70.4 Å². The van der Waals surface area contributed by atoms with E-state index in [1.165, 1.54) is 0 Å². The van der Waals surface area contributed by atoms with Crippen molar-refractivity contribution >= 4 is 38.4 Å². The molecule has 2 aromatic rings. The number of fused-ring (bicyclic) bond motifs is 1. The maximum absolute atomic E-state index is 12.5. The molecule has 1 aromatic heterocycles. The van der Waals surface area contributed by atoms with E-state index in [1.54, 1.807) is 25.1 Å². The van der Waals surface area contributed by atoms with Crippen LogP contribution in [-0.2, 0) is 20.8 Å². The van der Waals surface area contributed by atoms with Gasteiger partial charge in [0, 0.05) is 9.86 Å². The first-order valence-corrected chi connectivity index (χ1v) is 7.95. The van der Waals surface area contributed by atoms with E-state index in [-0.39, 0.29) is 18.7 Å². The monoisotopic (exact) mass is 380 g/mol. The number of hydrogen-bond donors (Lipinski definition) is 0. The first-order valence-electron chi connectivity index (χ1n) is 7.16. The summed E-state index contributed by atoms with van der Waals surface area (Å²) in [6.07, 6.45) is 0. The zero-order valence-electron chi connectivity index (χ0n) is 13.0. The van der Waals surface area contributed by atoms with Crippen LogP contribution in [0, 0.1) is 0 Å². The fourth-order valence-electron chi connectivity index (χ4n) is 2.14. The van der Waals surface area contributed by atoms with Crippen LogP contribution in [0.5, 0.6) is 0 Å². The lowest BCUT2D eigenvalue weighted by Gasteiger charge is -2.13. The summed E-state index contributed by atoms with van der Waals surface area (Å²) in [4.78, 5) is 24.2. The normalized spacial score (nSPS) is 10.6. The number of carbonyl (C=O) groups is 1. The van der Waals surface area contributed by atoms with Crippen molar-refractivity contribution in [3.63, 3.8) is 0 Å². The second-order valence-electron chi connectivity index (χ2n) is 4.66. The second kappa shape index (κ2) is 7.41. The first kappa shape index (κ1) is 17.2. The van der Waals surface area contributed by atoms with Crippen LogP contribution in [0.2, 0.25) is 0 Å². The van der Waals surface area contributed by atoms with Crippen LogP contribution in [0.3, 0.4) is 0 Å². The predicted molar refractivity (Wildman–Crippen MR) is 91.0 cm³/mol. The number of carbonyl (C=O) groups excluding carboxylic acids is 1. The highest BCUT2D eigenvalue weighted by atomic mass is 79.9. The van der Waals surface area contributed by atoms with Gasteiger partial charge < -0.3 is 9.47 Å². The molecule has 7 heteroatoms. The van der Waals surface area contributed by atoms with Gasteiger partial charge in [-0.05, 0) is 32.0 Å². The molecule has 0 bridgehead atoms. The van der Waals surface area contributed by atoms with Gasteiger partial charge in [-0.2, -0.15) is 5.10 Å². The van der Waals surface area contributed by atoms with E-state index in [4.69, 9.17) is 9.47 Å². The van der Waals surface area contributed by atoms with Crippen LogP contribution in [-0.4, -0.2) is 29.0 Å². The summed E-state index contributed by atoms with van der Waals surface area (Å²) in [5, 5.41) is 5.29. The van der Waals surface area contributed by atoms with E-state index in [2.05, 4.69) is 27.6 Å². The van der Waals surface area contributed by atoms with Crippen LogP contribution in [0.4, 0.5) is 0 Å². The highest BCUT2D eigenvalue weighted by Gasteiger charge is 2.16. The number of aromatic nitrogens is 2. The Morgan fingerprint density at radius 1 is 1.26 bits per heavy atom. The van der Waals surface area contributed by atoms with Gasteiger partial charge in [0.05, 0.1) is 18.6 Å². The molecule has 0 aliphatic heterocycles. The third kappa shape index (κ3) is 3.79. The van der Waals surface area contributed by atoms with Gasteiger partial charge in [0.1, 0.15) is 18.0 Å². The summed E-state index contributed by atoms with van der Waals surface area (Å²) in [6.45, 7) is 7.79. The van der Waals surface area contributed by atoms with Crippen molar-refractivity contribution in [1.82, 2.24) is 9.78 Å². The van der Waals surface area contributed by atoms with E-state index >= 15 is 0 Å². The van der Waals surface area contributed by atoms with Crippen molar-refractivity contribution in [2.75, 3.05) is 13.2 Å². The molecule has 23 heavy (non-hydrogen) atoms. The van der Waals surface area contributed by atoms with Crippen LogP contribution >= 0.6 is 15.9 Å². The first-order chi connectivity index (χ1) is 11.0. The van der Waals surface area contributed by atoms with E-state index in [0.29, 0.717) is 28.8 Å². The number of hydrogen-bond acceptors (Lipinski definition) is 5. The van der Waals surface area contributed by atoms with Crippen molar-refractivity contribution in [2.45, 2.75) is 20.4 Å². The number of esters is 1. The van der Waals surface area contributed by atoms with Crippen molar-refractivity contribution in [3.8, 4) is 0 Å². The van der Waals surface area contributed by atoms with E-state index in [1.807, 2.05) is 6.92 Å². The smallest absolute Gasteiger partial charge is 0.327 e. The Morgan fingerprint density at radius 2 is 1.96 bits per heavy atom.